The number of rotatable bonds is 6. The van der Waals surface area contributed by atoms with Crippen LogP contribution in [0.3, 0.4) is 0 Å². The van der Waals surface area contributed by atoms with Crippen LogP contribution in [-0.4, -0.2) is 22.6 Å². The Kier molecular flexibility index (Phi) is 5.56. The molecule has 0 radical (unpaired) electrons. The second kappa shape index (κ2) is 6.70. The smallest absolute Gasteiger partial charge is 0.128 e. The van der Waals surface area contributed by atoms with E-state index < -0.39 is 0 Å². The van der Waals surface area contributed by atoms with E-state index in [-0.39, 0.29) is 0 Å². The van der Waals surface area contributed by atoms with Gasteiger partial charge in [0, 0.05) is 23.9 Å². The lowest BCUT2D eigenvalue weighted by atomic mass is 10.1. The largest absolute Gasteiger partial charge is 0.314 e. The minimum absolute atomic E-state index is 0.538. The lowest BCUT2D eigenvalue weighted by molar-refractivity contribution is 0.587. The molecule has 1 heterocycles. The third-order valence-electron chi connectivity index (χ3n) is 2.87. The zero-order valence-corrected chi connectivity index (χ0v) is 11.8. The second-order valence-electron chi connectivity index (χ2n) is 4.90. The maximum atomic E-state index is 4.58. The number of hydrogen-bond acceptors (Lipinski definition) is 3. The predicted octanol–water partition coefficient (Wildman–Crippen LogP) is 2.59. The molecule has 0 atom stereocenters. The van der Waals surface area contributed by atoms with Crippen molar-refractivity contribution in [2.75, 3.05) is 6.54 Å². The molecule has 1 aromatic heterocycles. The van der Waals surface area contributed by atoms with Crippen molar-refractivity contribution in [1.29, 1.82) is 0 Å². The monoisotopic (exact) mass is 235 g/mol. The molecule has 0 bridgehead atoms. The topological polar surface area (TPSA) is 37.8 Å². The fraction of sp³-hybridized carbons (Fsp3) is 0.714. The van der Waals surface area contributed by atoms with Gasteiger partial charge in [0.25, 0.3) is 0 Å². The third kappa shape index (κ3) is 4.43. The van der Waals surface area contributed by atoms with Crippen LogP contribution in [0.25, 0.3) is 0 Å². The van der Waals surface area contributed by atoms with Gasteiger partial charge in [-0.3, -0.25) is 0 Å². The Morgan fingerprint density at radius 2 is 1.65 bits per heavy atom. The first-order valence-electron chi connectivity index (χ1n) is 6.61. The van der Waals surface area contributed by atoms with Gasteiger partial charge in [0.15, 0.2) is 0 Å². The number of aromatic nitrogens is 2. The Morgan fingerprint density at radius 3 is 2.12 bits per heavy atom. The highest BCUT2D eigenvalue weighted by Gasteiger charge is 2.08. The number of nitrogens with zero attached hydrogens (tertiary/aromatic N) is 2. The summed E-state index contributed by atoms with van der Waals surface area (Å²) >= 11 is 0. The highest BCUT2D eigenvalue weighted by Crippen LogP contribution is 2.11. The molecule has 0 amide bonds. The van der Waals surface area contributed by atoms with E-state index in [9.17, 15) is 0 Å². The molecule has 17 heavy (non-hydrogen) atoms. The molecule has 0 aliphatic heterocycles. The van der Waals surface area contributed by atoms with Gasteiger partial charge in [0.05, 0.1) is 0 Å². The molecule has 0 spiro atoms. The van der Waals surface area contributed by atoms with Gasteiger partial charge in [-0.25, -0.2) is 9.97 Å². The van der Waals surface area contributed by atoms with Crippen molar-refractivity contribution in [3.63, 3.8) is 0 Å². The fourth-order valence-corrected chi connectivity index (χ4v) is 1.99. The lowest BCUT2D eigenvalue weighted by Crippen LogP contribution is -2.25. The highest BCUT2D eigenvalue weighted by atomic mass is 14.9. The van der Waals surface area contributed by atoms with Gasteiger partial charge in [-0.05, 0) is 38.8 Å². The molecule has 0 aromatic carbocycles. The molecule has 96 valence electrons. The van der Waals surface area contributed by atoms with Crippen LogP contribution in [0.5, 0.6) is 0 Å². The van der Waals surface area contributed by atoms with Gasteiger partial charge in [-0.2, -0.15) is 0 Å². The predicted molar refractivity (Wildman–Crippen MR) is 72.3 cm³/mol. The maximum Gasteiger partial charge on any atom is 0.128 e. The van der Waals surface area contributed by atoms with E-state index in [2.05, 4.69) is 49.9 Å². The molecule has 1 aromatic rings. The van der Waals surface area contributed by atoms with Crippen molar-refractivity contribution in [3.05, 3.63) is 22.8 Å². The Hall–Kier alpha value is -0.960. The molecular formula is C14H25N3. The summed E-state index contributed by atoms with van der Waals surface area (Å²) in [6.07, 6.45) is 3.10. The molecule has 0 aliphatic rings. The molecule has 1 N–H and O–H groups in total. The minimum atomic E-state index is 0.538. The van der Waals surface area contributed by atoms with Crippen LogP contribution in [0.4, 0.5) is 0 Å². The Morgan fingerprint density at radius 1 is 1.06 bits per heavy atom. The SMILES string of the molecule is CCCc1nc(C)c(CCNC(C)C)c(C)n1. The standard InChI is InChI=1S/C14H25N3/c1-6-7-14-16-11(4)13(12(5)17-14)8-9-15-10(2)3/h10,15H,6-9H2,1-5H3. The summed E-state index contributed by atoms with van der Waals surface area (Å²) in [4.78, 5) is 9.17. The number of aryl methyl sites for hydroxylation is 3. The van der Waals surface area contributed by atoms with Crippen LogP contribution < -0.4 is 5.32 Å². The zero-order valence-electron chi connectivity index (χ0n) is 11.8. The average Bonchev–Trinajstić information content (AvgIpc) is 2.22. The van der Waals surface area contributed by atoms with E-state index in [0.29, 0.717) is 6.04 Å². The summed E-state index contributed by atoms with van der Waals surface area (Å²) in [5.74, 6) is 0.989. The summed E-state index contributed by atoms with van der Waals surface area (Å²) in [6.45, 7) is 11.7. The normalized spacial score (nSPS) is 11.2. The van der Waals surface area contributed by atoms with E-state index >= 15 is 0 Å². The van der Waals surface area contributed by atoms with Crippen molar-refractivity contribution in [2.24, 2.45) is 0 Å². The van der Waals surface area contributed by atoms with Gasteiger partial charge in [-0.15, -0.1) is 0 Å². The van der Waals surface area contributed by atoms with Crippen LogP contribution in [0.15, 0.2) is 0 Å². The first-order chi connectivity index (χ1) is 8.04. The van der Waals surface area contributed by atoms with Crippen LogP contribution >= 0.6 is 0 Å². The van der Waals surface area contributed by atoms with Crippen LogP contribution in [0.2, 0.25) is 0 Å². The summed E-state index contributed by atoms with van der Waals surface area (Å²) < 4.78 is 0. The Labute approximate surface area is 105 Å². The summed E-state index contributed by atoms with van der Waals surface area (Å²) in [6, 6.07) is 0.538. The average molecular weight is 235 g/mol. The van der Waals surface area contributed by atoms with Gasteiger partial charge < -0.3 is 5.32 Å². The number of nitrogens with one attached hydrogen (secondary N) is 1. The molecular weight excluding hydrogens is 210 g/mol. The summed E-state index contributed by atoms with van der Waals surface area (Å²) in [5, 5.41) is 3.43. The van der Waals surface area contributed by atoms with Crippen molar-refractivity contribution < 1.29 is 0 Å². The molecule has 1 rings (SSSR count). The molecule has 3 nitrogen and oxygen atoms in total. The van der Waals surface area contributed by atoms with Crippen molar-refractivity contribution in [1.82, 2.24) is 15.3 Å². The molecule has 0 aliphatic carbocycles. The van der Waals surface area contributed by atoms with E-state index in [0.717, 1.165) is 43.0 Å². The van der Waals surface area contributed by atoms with Gasteiger partial charge in [-0.1, -0.05) is 20.8 Å². The van der Waals surface area contributed by atoms with Crippen molar-refractivity contribution in [3.8, 4) is 0 Å². The first-order valence-corrected chi connectivity index (χ1v) is 6.61. The van der Waals surface area contributed by atoms with Gasteiger partial charge in [0.2, 0.25) is 0 Å². The highest BCUT2D eigenvalue weighted by molar-refractivity contribution is 5.24. The lowest BCUT2D eigenvalue weighted by Gasteiger charge is -2.12. The second-order valence-corrected chi connectivity index (χ2v) is 4.90. The Bertz CT molecular complexity index is 335. The first kappa shape index (κ1) is 14.1. The molecule has 0 fully saturated rings. The van der Waals surface area contributed by atoms with Gasteiger partial charge >= 0.3 is 0 Å². The third-order valence-corrected chi connectivity index (χ3v) is 2.87. The van der Waals surface area contributed by atoms with E-state index in [1.165, 1.54) is 5.56 Å². The van der Waals surface area contributed by atoms with Crippen molar-refractivity contribution in [2.45, 2.75) is 59.9 Å². The molecule has 0 saturated heterocycles. The fourth-order valence-electron chi connectivity index (χ4n) is 1.99. The van der Waals surface area contributed by atoms with E-state index in [1.54, 1.807) is 0 Å². The van der Waals surface area contributed by atoms with Crippen LogP contribution in [-0.2, 0) is 12.8 Å². The van der Waals surface area contributed by atoms with Gasteiger partial charge in [0.1, 0.15) is 5.82 Å². The molecule has 3 heteroatoms. The van der Waals surface area contributed by atoms with Crippen LogP contribution in [0, 0.1) is 13.8 Å². The Balaban J connectivity index is 2.72. The van der Waals surface area contributed by atoms with E-state index in [4.69, 9.17) is 0 Å². The zero-order chi connectivity index (χ0) is 12.8. The maximum absolute atomic E-state index is 4.58. The summed E-state index contributed by atoms with van der Waals surface area (Å²) in [7, 11) is 0. The quantitative estimate of drug-likeness (QED) is 0.823. The molecule has 0 unspecified atom stereocenters. The summed E-state index contributed by atoms with van der Waals surface area (Å²) in [5.41, 5.74) is 3.59. The number of hydrogen-bond donors (Lipinski definition) is 1. The van der Waals surface area contributed by atoms with Crippen molar-refractivity contribution >= 4 is 0 Å². The van der Waals surface area contributed by atoms with E-state index in [1.807, 2.05) is 0 Å². The minimum Gasteiger partial charge on any atom is -0.314 e. The van der Waals surface area contributed by atoms with Crippen LogP contribution in [0.1, 0.15) is 50.0 Å². The molecule has 0 saturated carbocycles.